The molecule has 0 aliphatic heterocycles. The van der Waals surface area contributed by atoms with Gasteiger partial charge in [-0.1, -0.05) is 36.7 Å². The van der Waals surface area contributed by atoms with E-state index in [1.54, 1.807) is 19.1 Å². The molecule has 2 rings (SSSR count). The summed E-state index contributed by atoms with van der Waals surface area (Å²) in [7, 11) is 0. The predicted octanol–water partition coefficient (Wildman–Crippen LogP) is 3.57. The molecule has 1 N–H and O–H groups in total. The minimum Gasteiger partial charge on any atom is -0.393 e. The molecule has 1 aromatic carbocycles. The molecular formula is C15H18ClFN2O2. The molecule has 0 bridgehead atoms. The van der Waals surface area contributed by atoms with Gasteiger partial charge in [0.2, 0.25) is 5.89 Å². The largest absolute Gasteiger partial charge is 0.393 e. The third-order valence-corrected chi connectivity index (χ3v) is 3.76. The fourth-order valence-electron chi connectivity index (χ4n) is 2.38. The third kappa shape index (κ3) is 3.60. The summed E-state index contributed by atoms with van der Waals surface area (Å²) in [5.74, 6) is 0.216. The second-order valence-electron chi connectivity index (χ2n) is 5.44. The van der Waals surface area contributed by atoms with E-state index in [0.29, 0.717) is 22.3 Å². The minimum atomic E-state index is -0.602. The molecule has 0 spiro atoms. The van der Waals surface area contributed by atoms with Gasteiger partial charge in [0.1, 0.15) is 5.82 Å². The lowest BCUT2D eigenvalue weighted by atomic mass is 9.91. The normalized spacial score (nSPS) is 14.4. The second kappa shape index (κ2) is 6.54. The Labute approximate surface area is 127 Å². The number of benzene rings is 1. The van der Waals surface area contributed by atoms with Gasteiger partial charge in [0.05, 0.1) is 12.0 Å². The molecule has 0 saturated heterocycles. The highest BCUT2D eigenvalue weighted by Gasteiger charge is 2.27. The van der Waals surface area contributed by atoms with Crippen LogP contribution >= 0.6 is 11.6 Å². The van der Waals surface area contributed by atoms with E-state index in [-0.39, 0.29) is 18.3 Å². The number of hydrogen-bond donors (Lipinski definition) is 1. The Bertz CT molecular complexity index is 585. The Balaban J connectivity index is 2.24. The van der Waals surface area contributed by atoms with Crippen LogP contribution < -0.4 is 0 Å². The maximum atomic E-state index is 13.7. The molecule has 6 heteroatoms. The van der Waals surface area contributed by atoms with Gasteiger partial charge in [-0.05, 0) is 25.0 Å². The van der Waals surface area contributed by atoms with Crippen LogP contribution in [0.2, 0.25) is 5.02 Å². The molecule has 21 heavy (non-hydrogen) atoms. The fourth-order valence-corrected chi connectivity index (χ4v) is 2.61. The van der Waals surface area contributed by atoms with Crippen LogP contribution in [0.1, 0.15) is 44.0 Å². The summed E-state index contributed by atoms with van der Waals surface area (Å²) in [5, 5.41) is 14.0. The first-order valence-electron chi connectivity index (χ1n) is 6.83. The zero-order valence-corrected chi connectivity index (χ0v) is 12.9. The summed E-state index contributed by atoms with van der Waals surface area (Å²) in [6, 6.07) is 4.51. The molecule has 0 fully saturated rings. The number of aliphatic hydroxyl groups excluding tert-OH is 1. The van der Waals surface area contributed by atoms with Crippen molar-refractivity contribution in [3.05, 3.63) is 46.3 Å². The average Bonchev–Trinajstić information content (AvgIpc) is 2.81. The Kier molecular flexibility index (Phi) is 4.96. The molecule has 2 aromatic rings. The smallest absolute Gasteiger partial charge is 0.232 e. The van der Waals surface area contributed by atoms with Gasteiger partial charge in [-0.3, -0.25) is 0 Å². The van der Waals surface area contributed by atoms with Crippen molar-refractivity contribution in [2.24, 2.45) is 5.92 Å². The Morgan fingerprint density at radius 2 is 2.05 bits per heavy atom. The number of nitrogens with zero attached hydrogens (tertiary/aromatic N) is 2. The fraction of sp³-hybridized carbons (Fsp3) is 0.467. The van der Waals surface area contributed by atoms with Crippen molar-refractivity contribution >= 4 is 11.6 Å². The summed E-state index contributed by atoms with van der Waals surface area (Å²) in [4.78, 5) is 4.27. The lowest BCUT2D eigenvalue weighted by molar-refractivity contribution is 0.120. The van der Waals surface area contributed by atoms with Gasteiger partial charge in [0, 0.05) is 17.0 Å². The Morgan fingerprint density at radius 3 is 2.62 bits per heavy atom. The van der Waals surface area contributed by atoms with E-state index >= 15 is 0 Å². The number of hydrogen-bond acceptors (Lipinski definition) is 4. The molecule has 114 valence electrons. The molecule has 1 aromatic heterocycles. The number of aromatic nitrogens is 2. The second-order valence-corrected chi connectivity index (χ2v) is 5.84. The third-order valence-electron chi connectivity index (χ3n) is 3.40. The van der Waals surface area contributed by atoms with Crippen molar-refractivity contribution in [3.63, 3.8) is 0 Å². The molecular weight excluding hydrogens is 295 g/mol. The van der Waals surface area contributed by atoms with Crippen molar-refractivity contribution in [1.29, 1.82) is 0 Å². The average molecular weight is 313 g/mol. The van der Waals surface area contributed by atoms with E-state index in [0.717, 1.165) is 0 Å². The van der Waals surface area contributed by atoms with Crippen LogP contribution in [-0.4, -0.2) is 21.4 Å². The van der Waals surface area contributed by atoms with Gasteiger partial charge in [-0.25, -0.2) is 4.39 Å². The lowest BCUT2D eigenvalue weighted by Gasteiger charge is -2.19. The highest BCUT2D eigenvalue weighted by Crippen LogP contribution is 2.27. The molecule has 0 aliphatic carbocycles. The van der Waals surface area contributed by atoms with Crippen LogP contribution in [0.25, 0.3) is 0 Å². The van der Waals surface area contributed by atoms with Crippen molar-refractivity contribution in [3.8, 4) is 0 Å². The van der Waals surface area contributed by atoms with E-state index in [1.807, 2.05) is 13.8 Å². The first-order chi connectivity index (χ1) is 9.90. The van der Waals surface area contributed by atoms with Crippen molar-refractivity contribution in [2.75, 3.05) is 0 Å². The predicted molar refractivity (Wildman–Crippen MR) is 77.8 cm³/mol. The Morgan fingerprint density at radius 1 is 1.33 bits per heavy atom. The van der Waals surface area contributed by atoms with Gasteiger partial charge in [0.25, 0.3) is 0 Å². The van der Waals surface area contributed by atoms with Crippen molar-refractivity contribution in [2.45, 2.75) is 39.2 Å². The van der Waals surface area contributed by atoms with Gasteiger partial charge in [-0.15, -0.1) is 0 Å². The monoisotopic (exact) mass is 312 g/mol. The topological polar surface area (TPSA) is 59.2 Å². The summed E-state index contributed by atoms with van der Waals surface area (Å²) in [6.07, 6.45) is -0.449. The number of aliphatic hydroxyl groups is 1. The number of rotatable bonds is 5. The van der Waals surface area contributed by atoms with Crippen LogP contribution in [0.3, 0.4) is 0 Å². The van der Waals surface area contributed by atoms with Crippen LogP contribution in [0, 0.1) is 11.7 Å². The van der Waals surface area contributed by atoms with E-state index in [2.05, 4.69) is 10.1 Å². The quantitative estimate of drug-likeness (QED) is 0.917. The molecule has 0 saturated carbocycles. The molecule has 0 amide bonds. The van der Waals surface area contributed by atoms with Crippen molar-refractivity contribution < 1.29 is 14.0 Å². The summed E-state index contributed by atoms with van der Waals surface area (Å²) in [5.41, 5.74) is 0.338. The van der Waals surface area contributed by atoms with Crippen LogP contribution in [0.5, 0.6) is 0 Å². The van der Waals surface area contributed by atoms with Gasteiger partial charge in [0.15, 0.2) is 5.82 Å². The standard InChI is InChI=1S/C15H18ClFN2O2/c1-8(2)14(9(3)20)15-18-13(19-21-15)7-10-11(16)5-4-6-12(10)17/h4-6,8-9,14,20H,7H2,1-3H3. The molecule has 4 nitrogen and oxygen atoms in total. The molecule has 0 radical (unpaired) electrons. The minimum absolute atomic E-state index is 0.148. The summed E-state index contributed by atoms with van der Waals surface area (Å²) >= 11 is 5.98. The van der Waals surface area contributed by atoms with Gasteiger partial charge in [-0.2, -0.15) is 4.98 Å². The maximum absolute atomic E-state index is 13.7. The molecule has 2 atom stereocenters. The van der Waals surface area contributed by atoms with Crippen LogP contribution in [0.15, 0.2) is 22.7 Å². The molecule has 0 aliphatic rings. The van der Waals surface area contributed by atoms with Crippen LogP contribution in [0.4, 0.5) is 4.39 Å². The zero-order chi connectivity index (χ0) is 15.6. The van der Waals surface area contributed by atoms with E-state index in [1.165, 1.54) is 6.07 Å². The summed E-state index contributed by atoms with van der Waals surface area (Å²) < 4.78 is 19.0. The van der Waals surface area contributed by atoms with Gasteiger partial charge < -0.3 is 9.63 Å². The van der Waals surface area contributed by atoms with E-state index in [4.69, 9.17) is 16.1 Å². The van der Waals surface area contributed by atoms with E-state index < -0.39 is 11.9 Å². The SMILES string of the molecule is CC(C)C(c1nc(Cc2c(F)cccc2Cl)no1)C(C)O. The first kappa shape index (κ1) is 15.9. The van der Waals surface area contributed by atoms with E-state index in [9.17, 15) is 9.50 Å². The van der Waals surface area contributed by atoms with Crippen molar-refractivity contribution in [1.82, 2.24) is 10.1 Å². The van der Waals surface area contributed by atoms with Crippen LogP contribution in [-0.2, 0) is 6.42 Å². The first-order valence-corrected chi connectivity index (χ1v) is 7.21. The van der Waals surface area contributed by atoms with Gasteiger partial charge >= 0.3 is 0 Å². The highest BCUT2D eigenvalue weighted by molar-refractivity contribution is 6.31. The Hall–Kier alpha value is -1.46. The number of halogens is 2. The summed E-state index contributed by atoms with van der Waals surface area (Å²) in [6.45, 7) is 5.62. The maximum Gasteiger partial charge on any atom is 0.232 e. The molecule has 1 heterocycles. The molecule has 2 unspecified atom stereocenters. The lowest BCUT2D eigenvalue weighted by Crippen LogP contribution is -2.20. The highest BCUT2D eigenvalue weighted by atomic mass is 35.5. The zero-order valence-electron chi connectivity index (χ0n) is 12.2.